The van der Waals surface area contributed by atoms with Crippen LogP contribution in [0, 0.1) is 0 Å². The number of imidazole rings is 1. The number of thiophene rings is 1. The third-order valence-electron chi connectivity index (χ3n) is 11.9. The summed E-state index contributed by atoms with van der Waals surface area (Å²) in [5, 5.41) is 2.60. The molecule has 2 aliphatic rings. The molecule has 0 radical (unpaired) electrons. The van der Waals surface area contributed by atoms with Gasteiger partial charge in [0.1, 0.15) is 0 Å². The van der Waals surface area contributed by atoms with Crippen molar-refractivity contribution in [3.8, 4) is 44.8 Å². The number of hydrogen-bond donors (Lipinski definition) is 0. The van der Waals surface area contributed by atoms with Gasteiger partial charge in [0.25, 0.3) is 0 Å². The molecule has 0 saturated carbocycles. The van der Waals surface area contributed by atoms with Crippen molar-refractivity contribution >= 4 is 54.0 Å². The first-order valence-electron chi connectivity index (χ1n) is 18.3. The summed E-state index contributed by atoms with van der Waals surface area (Å²) in [6, 6.07) is 53.3. The molecule has 54 heavy (non-hydrogen) atoms. The minimum absolute atomic E-state index is 0.464. The summed E-state index contributed by atoms with van der Waals surface area (Å²) < 4.78 is 7.14. The SMILES string of the molecule is c1cc(-c2cccc3c2sc2ccccc23)cc(-c2cnc3c4cc5c(n4c4nccnc4n23)-c2ccccc2C52c3ccccc3-c3ccccc32)c1. The number of fused-ring (bicyclic) bond motifs is 20. The van der Waals surface area contributed by atoms with Crippen LogP contribution in [0.4, 0.5) is 0 Å². The van der Waals surface area contributed by atoms with Gasteiger partial charge < -0.3 is 0 Å². The van der Waals surface area contributed by atoms with Crippen molar-refractivity contribution in [2.24, 2.45) is 0 Å². The van der Waals surface area contributed by atoms with Crippen molar-refractivity contribution < 1.29 is 0 Å². The molecule has 13 rings (SSSR count). The van der Waals surface area contributed by atoms with E-state index in [1.807, 2.05) is 17.5 Å². The van der Waals surface area contributed by atoms with Gasteiger partial charge >= 0.3 is 0 Å². The second-order valence-electron chi connectivity index (χ2n) is 14.4. The lowest BCUT2D eigenvalue weighted by Gasteiger charge is -2.29. The van der Waals surface area contributed by atoms with Crippen LogP contribution in [0.5, 0.6) is 0 Å². The largest absolute Gasteiger partial charge is 0.287 e. The lowest BCUT2D eigenvalue weighted by Crippen LogP contribution is -2.25. The average Bonchev–Trinajstić information content (AvgIpc) is 4.04. The Labute approximate surface area is 313 Å². The van der Waals surface area contributed by atoms with Gasteiger partial charge in [-0.1, -0.05) is 127 Å². The maximum absolute atomic E-state index is 5.20. The second kappa shape index (κ2) is 10.2. The first kappa shape index (κ1) is 28.7. The average molecular weight is 706 g/mol. The van der Waals surface area contributed by atoms with E-state index in [-0.39, 0.29) is 0 Å². The lowest BCUT2D eigenvalue weighted by atomic mass is 9.71. The molecule has 5 aromatic heterocycles. The maximum Gasteiger partial charge on any atom is 0.183 e. The van der Waals surface area contributed by atoms with Crippen LogP contribution in [-0.2, 0) is 5.41 Å². The number of hydrogen-bond acceptors (Lipinski definition) is 4. The molecule has 2 aliphatic carbocycles. The molecule has 6 aromatic carbocycles. The summed E-state index contributed by atoms with van der Waals surface area (Å²) in [7, 11) is 0. The van der Waals surface area contributed by atoms with Crippen molar-refractivity contribution in [3.05, 3.63) is 186 Å². The smallest absolute Gasteiger partial charge is 0.183 e. The van der Waals surface area contributed by atoms with Gasteiger partial charge in [-0.15, -0.1) is 11.3 Å². The molecule has 0 fully saturated rings. The molecular weight excluding hydrogens is 679 g/mol. The van der Waals surface area contributed by atoms with Crippen molar-refractivity contribution in [2.75, 3.05) is 0 Å². The lowest BCUT2D eigenvalue weighted by molar-refractivity contribution is 0.795. The van der Waals surface area contributed by atoms with E-state index in [2.05, 4.69) is 154 Å². The predicted molar refractivity (Wildman–Crippen MR) is 219 cm³/mol. The fourth-order valence-corrected chi connectivity index (χ4v) is 11.1. The van der Waals surface area contributed by atoms with E-state index in [1.54, 1.807) is 12.4 Å². The van der Waals surface area contributed by atoms with Crippen LogP contribution in [0.2, 0.25) is 0 Å². The van der Waals surface area contributed by atoms with E-state index >= 15 is 0 Å². The molecule has 0 atom stereocenters. The summed E-state index contributed by atoms with van der Waals surface area (Å²) in [4.78, 5) is 15.3. The van der Waals surface area contributed by atoms with Gasteiger partial charge in [-0.2, -0.15) is 0 Å². The van der Waals surface area contributed by atoms with Gasteiger partial charge in [-0.3, -0.25) is 8.80 Å². The summed E-state index contributed by atoms with van der Waals surface area (Å²) in [5.74, 6) is 0. The predicted octanol–water partition coefficient (Wildman–Crippen LogP) is 11.6. The fraction of sp³-hybridized carbons (Fsp3) is 0.0208. The number of benzene rings is 6. The molecule has 5 heterocycles. The Morgan fingerprint density at radius 1 is 0.463 bits per heavy atom. The van der Waals surface area contributed by atoms with Crippen LogP contribution in [0.3, 0.4) is 0 Å². The zero-order valence-electron chi connectivity index (χ0n) is 28.7. The Morgan fingerprint density at radius 2 is 1.07 bits per heavy atom. The van der Waals surface area contributed by atoms with E-state index < -0.39 is 5.41 Å². The van der Waals surface area contributed by atoms with E-state index in [0.717, 1.165) is 39.4 Å². The molecule has 0 aliphatic heterocycles. The van der Waals surface area contributed by atoms with Gasteiger partial charge in [0.15, 0.2) is 16.9 Å². The van der Waals surface area contributed by atoms with Crippen molar-refractivity contribution in [1.82, 2.24) is 23.8 Å². The Balaban J connectivity index is 1.10. The molecule has 5 nitrogen and oxygen atoms in total. The minimum Gasteiger partial charge on any atom is -0.287 e. The normalized spacial score (nSPS) is 13.7. The topological polar surface area (TPSA) is 47.5 Å². The van der Waals surface area contributed by atoms with E-state index in [1.165, 1.54) is 70.2 Å². The van der Waals surface area contributed by atoms with Crippen molar-refractivity contribution in [2.45, 2.75) is 5.41 Å². The minimum atomic E-state index is -0.464. The van der Waals surface area contributed by atoms with Crippen LogP contribution in [0.1, 0.15) is 22.3 Å². The third kappa shape index (κ3) is 3.38. The monoisotopic (exact) mass is 705 g/mol. The van der Waals surface area contributed by atoms with Crippen LogP contribution < -0.4 is 0 Å². The second-order valence-corrected chi connectivity index (χ2v) is 15.4. The first-order chi connectivity index (χ1) is 26.8. The van der Waals surface area contributed by atoms with Gasteiger partial charge in [0.2, 0.25) is 0 Å². The highest BCUT2D eigenvalue weighted by atomic mass is 32.1. The van der Waals surface area contributed by atoms with Crippen molar-refractivity contribution in [1.29, 1.82) is 0 Å². The molecular formula is C48H27N5S. The molecule has 0 saturated heterocycles. The molecule has 1 spiro atoms. The molecule has 250 valence electrons. The Morgan fingerprint density at radius 3 is 1.87 bits per heavy atom. The molecule has 6 heteroatoms. The third-order valence-corrected chi connectivity index (χ3v) is 13.1. The quantitative estimate of drug-likeness (QED) is 0.180. The summed E-state index contributed by atoms with van der Waals surface area (Å²) in [6.07, 6.45) is 5.60. The fourth-order valence-electron chi connectivity index (χ4n) is 9.83. The van der Waals surface area contributed by atoms with Gasteiger partial charge in [0.05, 0.1) is 28.5 Å². The highest BCUT2D eigenvalue weighted by Crippen LogP contribution is 2.63. The highest BCUT2D eigenvalue weighted by molar-refractivity contribution is 7.26. The molecule has 0 unspecified atom stereocenters. The van der Waals surface area contributed by atoms with E-state index in [9.17, 15) is 0 Å². The molecule has 0 N–H and O–H groups in total. The number of rotatable bonds is 2. The molecule has 0 bridgehead atoms. The molecule has 11 aromatic rings. The summed E-state index contributed by atoms with van der Waals surface area (Å²) in [6.45, 7) is 0. The zero-order chi connectivity index (χ0) is 35.1. The van der Waals surface area contributed by atoms with Crippen LogP contribution >= 0.6 is 11.3 Å². The number of nitrogens with zero attached hydrogens (tertiary/aromatic N) is 5. The van der Waals surface area contributed by atoms with Crippen LogP contribution in [-0.4, -0.2) is 23.8 Å². The van der Waals surface area contributed by atoms with E-state index in [0.29, 0.717) is 0 Å². The Hall–Kier alpha value is -6.89. The van der Waals surface area contributed by atoms with Crippen molar-refractivity contribution in [3.63, 3.8) is 0 Å². The highest BCUT2D eigenvalue weighted by Gasteiger charge is 2.53. The van der Waals surface area contributed by atoms with Gasteiger partial charge in [-0.05, 0) is 62.7 Å². The van der Waals surface area contributed by atoms with Crippen LogP contribution in [0.25, 0.3) is 87.4 Å². The maximum atomic E-state index is 5.20. The molecule has 0 amide bonds. The Bertz CT molecular complexity index is 3370. The van der Waals surface area contributed by atoms with Gasteiger partial charge in [0, 0.05) is 43.7 Å². The summed E-state index contributed by atoms with van der Waals surface area (Å²) >= 11 is 1.86. The number of aromatic nitrogens is 5. The zero-order valence-corrected chi connectivity index (χ0v) is 29.5. The van der Waals surface area contributed by atoms with Crippen LogP contribution in [0.15, 0.2) is 164 Å². The van der Waals surface area contributed by atoms with Gasteiger partial charge in [-0.25, -0.2) is 15.0 Å². The Kier molecular flexibility index (Phi) is 5.39. The standard InChI is InChI=1S/C48H27N5S/c1-5-19-36-31(13-1)32-14-2-6-20-37(32)48(36)38-21-7-3-16-35(38)43-39(48)26-40-45-51-27-41(53(45)47-46(52(40)43)49-23-24-50-47)29-12-9-11-28(25-29)30-17-10-18-34-33-15-4-8-22-42(33)54-44(30)34/h1-27H. The first-order valence-corrected chi connectivity index (χ1v) is 19.1. The van der Waals surface area contributed by atoms with E-state index in [4.69, 9.17) is 15.0 Å². The summed E-state index contributed by atoms with van der Waals surface area (Å²) in [5.41, 5.74) is 17.6.